The van der Waals surface area contributed by atoms with Crippen LogP contribution in [0.3, 0.4) is 0 Å². The van der Waals surface area contributed by atoms with E-state index in [0.717, 1.165) is 11.3 Å². The first-order valence-electron chi connectivity index (χ1n) is 5.29. The summed E-state index contributed by atoms with van der Waals surface area (Å²) in [6, 6.07) is 3.11. The fourth-order valence-corrected chi connectivity index (χ4v) is 4.84. The number of hydrogen-bond acceptors (Lipinski definition) is 4. The number of nitrogens with zero attached hydrogens (tertiary/aromatic N) is 1. The summed E-state index contributed by atoms with van der Waals surface area (Å²) in [6.07, 6.45) is 1.11. The van der Waals surface area contributed by atoms with E-state index in [4.69, 9.17) is 11.6 Å². The molecule has 0 amide bonds. The number of halogens is 1. The highest BCUT2D eigenvalue weighted by molar-refractivity contribution is 7.91. The highest BCUT2D eigenvalue weighted by Gasteiger charge is 2.32. The molecule has 96 valence electrons. The molecule has 1 aromatic rings. The molecule has 0 aliphatic heterocycles. The first-order valence-corrected chi connectivity index (χ1v) is 7.93. The fraction of sp³-hybridized carbons (Fsp3) is 0.600. The molecule has 2 rings (SSSR count). The fourth-order valence-electron chi connectivity index (χ4n) is 1.90. The van der Waals surface area contributed by atoms with Gasteiger partial charge in [0.05, 0.1) is 10.4 Å². The van der Waals surface area contributed by atoms with Crippen molar-refractivity contribution in [1.29, 1.82) is 0 Å². The van der Waals surface area contributed by atoms with Crippen LogP contribution < -0.4 is 0 Å². The molecule has 0 spiro atoms. The number of aliphatic hydroxyl groups is 1. The summed E-state index contributed by atoms with van der Waals surface area (Å²) >= 11 is 6.80. The van der Waals surface area contributed by atoms with Crippen LogP contribution in [-0.2, 0) is 10.0 Å². The first kappa shape index (κ1) is 13.3. The van der Waals surface area contributed by atoms with Crippen LogP contribution >= 0.6 is 22.9 Å². The highest BCUT2D eigenvalue weighted by atomic mass is 35.5. The Kier molecular flexibility index (Phi) is 3.80. The van der Waals surface area contributed by atoms with E-state index in [2.05, 4.69) is 0 Å². The van der Waals surface area contributed by atoms with E-state index < -0.39 is 10.0 Å². The Morgan fingerprint density at radius 2 is 2.18 bits per heavy atom. The van der Waals surface area contributed by atoms with Crippen molar-refractivity contribution < 1.29 is 13.5 Å². The Morgan fingerprint density at radius 1 is 1.53 bits per heavy atom. The van der Waals surface area contributed by atoms with Gasteiger partial charge in [-0.15, -0.1) is 11.3 Å². The molecule has 0 aromatic carbocycles. The average molecular weight is 296 g/mol. The van der Waals surface area contributed by atoms with E-state index in [9.17, 15) is 13.5 Å². The van der Waals surface area contributed by atoms with Gasteiger partial charge in [0, 0.05) is 13.6 Å². The maximum absolute atomic E-state index is 12.1. The molecule has 17 heavy (non-hydrogen) atoms. The van der Waals surface area contributed by atoms with Crippen molar-refractivity contribution in [2.24, 2.45) is 5.92 Å². The number of rotatable bonds is 4. The molecular formula is C10H14ClNO3S2. The minimum Gasteiger partial charge on any atom is -0.393 e. The molecule has 1 aliphatic carbocycles. The van der Waals surface area contributed by atoms with Gasteiger partial charge in [-0.25, -0.2) is 8.42 Å². The number of hydrogen-bond donors (Lipinski definition) is 1. The van der Waals surface area contributed by atoms with Gasteiger partial charge in [-0.05, 0) is 30.9 Å². The van der Waals surface area contributed by atoms with Gasteiger partial charge < -0.3 is 5.11 Å². The van der Waals surface area contributed by atoms with E-state index in [1.165, 1.54) is 10.4 Å². The molecule has 1 saturated carbocycles. The lowest BCUT2D eigenvalue weighted by molar-refractivity contribution is 0.0367. The standard InChI is InChI=1S/C10H14ClNO3S2/c1-12(6-7-4-8(13)5-7)17(14,15)10-3-2-9(11)16-10/h2-3,7-8,13H,4-6H2,1H3. The van der Waals surface area contributed by atoms with Gasteiger partial charge in [0.2, 0.25) is 0 Å². The molecular weight excluding hydrogens is 282 g/mol. The van der Waals surface area contributed by atoms with Gasteiger partial charge >= 0.3 is 0 Å². The molecule has 1 N–H and O–H groups in total. The van der Waals surface area contributed by atoms with Crippen molar-refractivity contribution in [3.8, 4) is 0 Å². The number of thiophene rings is 1. The van der Waals surface area contributed by atoms with Crippen LogP contribution in [0.1, 0.15) is 12.8 Å². The van der Waals surface area contributed by atoms with Crippen molar-refractivity contribution in [1.82, 2.24) is 4.31 Å². The lowest BCUT2D eigenvalue weighted by Crippen LogP contribution is -2.39. The second-order valence-electron chi connectivity index (χ2n) is 4.34. The monoisotopic (exact) mass is 295 g/mol. The molecule has 0 saturated heterocycles. The summed E-state index contributed by atoms with van der Waals surface area (Å²) in [7, 11) is -1.86. The van der Waals surface area contributed by atoms with Gasteiger partial charge in [-0.1, -0.05) is 11.6 Å². The molecule has 1 aromatic heterocycles. The minimum atomic E-state index is -3.42. The third kappa shape index (κ3) is 2.82. The topological polar surface area (TPSA) is 57.6 Å². The smallest absolute Gasteiger partial charge is 0.252 e. The summed E-state index contributed by atoms with van der Waals surface area (Å²) in [5.41, 5.74) is 0. The molecule has 1 aliphatic rings. The second kappa shape index (κ2) is 4.85. The lowest BCUT2D eigenvalue weighted by atomic mass is 9.82. The second-order valence-corrected chi connectivity index (χ2v) is 8.32. The highest BCUT2D eigenvalue weighted by Crippen LogP contribution is 2.31. The third-order valence-corrected chi connectivity index (χ3v) is 6.46. The summed E-state index contributed by atoms with van der Waals surface area (Å²) in [6.45, 7) is 0.453. The zero-order chi connectivity index (χ0) is 12.6. The van der Waals surface area contributed by atoms with E-state index in [1.54, 1.807) is 13.1 Å². The maximum atomic E-state index is 12.1. The van der Waals surface area contributed by atoms with Crippen LogP contribution in [0.25, 0.3) is 0 Å². The lowest BCUT2D eigenvalue weighted by Gasteiger charge is -2.33. The largest absolute Gasteiger partial charge is 0.393 e. The van der Waals surface area contributed by atoms with Crippen LogP contribution in [0.5, 0.6) is 0 Å². The quantitative estimate of drug-likeness (QED) is 0.921. The van der Waals surface area contributed by atoms with Crippen LogP contribution in [0.4, 0.5) is 0 Å². The van der Waals surface area contributed by atoms with E-state index in [1.807, 2.05) is 0 Å². The predicted molar refractivity (Wildman–Crippen MR) is 67.9 cm³/mol. The van der Waals surface area contributed by atoms with Gasteiger partial charge in [0.25, 0.3) is 10.0 Å². The average Bonchev–Trinajstić information content (AvgIpc) is 2.63. The van der Waals surface area contributed by atoms with Crippen LogP contribution in [-0.4, -0.2) is 37.5 Å². The minimum absolute atomic E-state index is 0.257. The van der Waals surface area contributed by atoms with Crippen molar-refractivity contribution in [2.45, 2.75) is 23.2 Å². The first-order chi connectivity index (χ1) is 7.89. The zero-order valence-corrected chi connectivity index (χ0v) is 11.7. The third-order valence-electron chi connectivity index (χ3n) is 2.94. The van der Waals surface area contributed by atoms with Gasteiger partial charge in [0.1, 0.15) is 4.21 Å². The molecule has 7 heteroatoms. The SMILES string of the molecule is CN(CC1CC(O)C1)S(=O)(=O)c1ccc(Cl)s1. The van der Waals surface area contributed by atoms with Crippen molar-refractivity contribution in [3.05, 3.63) is 16.5 Å². The van der Waals surface area contributed by atoms with Gasteiger partial charge in [-0.2, -0.15) is 4.31 Å². The van der Waals surface area contributed by atoms with Gasteiger partial charge in [0.15, 0.2) is 0 Å². The predicted octanol–water partition coefficient (Wildman–Crippen LogP) is 1.79. The molecule has 0 unspecified atom stereocenters. The van der Waals surface area contributed by atoms with Gasteiger partial charge in [-0.3, -0.25) is 0 Å². The Bertz CT molecular complexity index is 493. The molecule has 0 radical (unpaired) electrons. The Morgan fingerprint density at radius 3 is 2.65 bits per heavy atom. The van der Waals surface area contributed by atoms with Crippen molar-refractivity contribution in [2.75, 3.05) is 13.6 Å². The summed E-state index contributed by atoms with van der Waals surface area (Å²) < 4.78 is 26.3. The van der Waals surface area contributed by atoms with Crippen molar-refractivity contribution in [3.63, 3.8) is 0 Å². The number of sulfonamides is 1. The Balaban J connectivity index is 2.05. The van der Waals surface area contributed by atoms with E-state index >= 15 is 0 Å². The Hall–Kier alpha value is -0.140. The van der Waals surface area contributed by atoms with Crippen molar-refractivity contribution >= 4 is 33.0 Å². The zero-order valence-electron chi connectivity index (χ0n) is 9.34. The van der Waals surface area contributed by atoms with Crippen LogP contribution in [0.15, 0.2) is 16.3 Å². The molecule has 4 nitrogen and oxygen atoms in total. The number of aliphatic hydroxyl groups excluding tert-OH is 1. The Labute approximate surface area is 110 Å². The summed E-state index contributed by atoms with van der Waals surface area (Å²) in [5, 5.41) is 9.17. The summed E-state index contributed by atoms with van der Waals surface area (Å²) in [4.78, 5) is 0. The normalized spacial score (nSPS) is 24.9. The molecule has 1 heterocycles. The molecule has 0 atom stereocenters. The van der Waals surface area contributed by atoms with Crippen LogP contribution in [0.2, 0.25) is 4.34 Å². The van der Waals surface area contributed by atoms with E-state index in [0.29, 0.717) is 23.7 Å². The summed E-state index contributed by atoms with van der Waals surface area (Å²) in [5.74, 6) is 0.264. The molecule has 1 fully saturated rings. The van der Waals surface area contributed by atoms with E-state index in [-0.39, 0.29) is 16.2 Å². The molecule has 0 bridgehead atoms. The van der Waals surface area contributed by atoms with Crippen LogP contribution in [0, 0.1) is 5.92 Å². The maximum Gasteiger partial charge on any atom is 0.252 e.